The van der Waals surface area contributed by atoms with Crippen LogP contribution >= 0.6 is 11.6 Å². The summed E-state index contributed by atoms with van der Waals surface area (Å²) in [6.07, 6.45) is 0.575. The van der Waals surface area contributed by atoms with E-state index in [-0.39, 0.29) is 40.1 Å². The van der Waals surface area contributed by atoms with E-state index in [9.17, 15) is 36.6 Å². The second-order valence-electron chi connectivity index (χ2n) is 8.51. The summed E-state index contributed by atoms with van der Waals surface area (Å²) in [7, 11) is -4.05. The molecule has 0 heterocycles. The highest BCUT2D eigenvalue weighted by Crippen LogP contribution is 2.50. The first-order chi connectivity index (χ1) is 15.5. The fraction of sp³-hybridized carbons (Fsp3) is 0.409. The number of rotatable bonds is 5. The summed E-state index contributed by atoms with van der Waals surface area (Å²) < 4.78 is 67.2. The van der Waals surface area contributed by atoms with Crippen LogP contribution in [0.1, 0.15) is 29.6 Å². The predicted molar refractivity (Wildman–Crippen MR) is 114 cm³/mol. The minimum atomic E-state index is -4.05. The lowest BCUT2D eigenvalue weighted by molar-refractivity contribution is 0.00342. The van der Waals surface area contributed by atoms with Gasteiger partial charge in [-0.1, -0.05) is 11.6 Å². The zero-order valence-corrected chi connectivity index (χ0v) is 18.7. The lowest BCUT2D eigenvalue weighted by Gasteiger charge is -2.38. The molecule has 5 atom stereocenters. The fourth-order valence-corrected chi connectivity index (χ4v) is 8.06. The average Bonchev–Trinajstić information content (AvgIpc) is 3.09. The number of anilines is 1. The van der Waals surface area contributed by atoms with Gasteiger partial charge in [-0.15, -0.1) is 0 Å². The molecule has 0 aromatic heterocycles. The van der Waals surface area contributed by atoms with E-state index in [4.69, 9.17) is 11.6 Å². The van der Waals surface area contributed by atoms with Crippen LogP contribution in [0.25, 0.3) is 0 Å². The molecule has 2 aromatic rings. The number of amides is 1. The highest BCUT2D eigenvalue weighted by molar-refractivity contribution is 7.92. The molecule has 1 amide bonds. The molecule has 2 saturated carbocycles. The summed E-state index contributed by atoms with van der Waals surface area (Å²) >= 11 is 6.19. The second-order valence-corrected chi connectivity index (χ2v) is 11.0. The van der Waals surface area contributed by atoms with Crippen LogP contribution in [0.2, 0.25) is 5.02 Å². The van der Waals surface area contributed by atoms with Crippen LogP contribution in [0.15, 0.2) is 35.2 Å². The third kappa shape index (κ3) is 4.25. The second kappa shape index (κ2) is 8.90. The molecular formula is C22H21ClF3NO5S. The Morgan fingerprint density at radius 1 is 1.12 bits per heavy atom. The summed E-state index contributed by atoms with van der Waals surface area (Å²) in [5.41, 5.74) is -0.481. The number of aliphatic hydroxyl groups excluding tert-OH is 2. The molecule has 6 nitrogen and oxygen atoms in total. The van der Waals surface area contributed by atoms with Gasteiger partial charge in [0.15, 0.2) is 27.3 Å². The van der Waals surface area contributed by atoms with Crippen molar-refractivity contribution in [3.63, 3.8) is 0 Å². The number of hydrogen-bond acceptors (Lipinski definition) is 5. The Labute approximate surface area is 193 Å². The monoisotopic (exact) mass is 503 g/mol. The van der Waals surface area contributed by atoms with E-state index >= 15 is 0 Å². The van der Waals surface area contributed by atoms with E-state index in [1.54, 1.807) is 0 Å². The maximum Gasteiger partial charge on any atom is 0.255 e. The molecule has 0 spiro atoms. The Balaban J connectivity index is 1.65. The molecule has 2 bridgehead atoms. The molecule has 2 aliphatic carbocycles. The van der Waals surface area contributed by atoms with E-state index in [1.807, 2.05) is 0 Å². The minimum absolute atomic E-state index is 0.100. The summed E-state index contributed by atoms with van der Waals surface area (Å²) in [6.45, 7) is -0.342. The Morgan fingerprint density at radius 3 is 2.42 bits per heavy atom. The quantitative estimate of drug-likeness (QED) is 0.541. The Hall–Kier alpha value is -2.14. The molecule has 0 saturated heterocycles. The minimum Gasteiger partial charge on any atom is -0.396 e. The summed E-state index contributed by atoms with van der Waals surface area (Å²) in [5, 5.41) is 21.2. The van der Waals surface area contributed by atoms with Crippen molar-refractivity contribution < 1.29 is 36.6 Å². The lowest BCUT2D eigenvalue weighted by atomic mass is 9.78. The SMILES string of the molecule is O=C(Nc1cc(F)c(F)c(F)c1)c1ccc(Cl)c(S(=O)(=O)[C@H]2C3CC[C@H]2[C@@H](CO)[C@H](O)C3)c1. The first kappa shape index (κ1) is 24.0. The maximum absolute atomic E-state index is 13.6. The first-order valence-electron chi connectivity index (χ1n) is 10.3. The van der Waals surface area contributed by atoms with Crippen molar-refractivity contribution in [1.29, 1.82) is 0 Å². The van der Waals surface area contributed by atoms with Gasteiger partial charge in [-0.05, 0) is 49.3 Å². The highest BCUT2D eigenvalue weighted by Gasteiger charge is 2.54. The summed E-state index contributed by atoms with van der Waals surface area (Å²) in [6, 6.07) is 4.77. The van der Waals surface area contributed by atoms with E-state index < -0.39 is 56.4 Å². The molecule has 1 unspecified atom stereocenters. The van der Waals surface area contributed by atoms with Crippen molar-refractivity contribution in [3.8, 4) is 0 Å². The summed E-state index contributed by atoms with van der Waals surface area (Å²) in [5.74, 6) is -6.86. The van der Waals surface area contributed by atoms with Crippen LogP contribution in [-0.2, 0) is 9.84 Å². The van der Waals surface area contributed by atoms with Gasteiger partial charge in [0.1, 0.15) is 0 Å². The van der Waals surface area contributed by atoms with Crippen LogP contribution < -0.4 is 5.32 Å². The van der Waals surface area contributed by atoms with E-state index in [0.29, 0.717) is 25.0 Å². The predicted octanol–water partition coefficient (Wildman–Crippen LogP) is 3.55. The van der Waals surface area contributed by atoms with E-state index in [1.165, 1.54) is 12.1 Å². The number of carbonyl (C=O) groups excluding carboxylic acids is 1. The molecule has 0 radical (unpaired) electrons. The van der Waals surface area contributed by atoms with Crippen LogP contribution in [0.3, 0.4) is 0 Å². The molecule has 2 aliphatic rings. The number of nitrogens with one attached hydrogen (secondary N) is 1. The lowest BCUT2D eigenvalue weighted by Crippen LogP contribution is -2.46. The van der Waals surface area contributed by atoms with Gasteiger partial charge in [-0.2, -0.15) is 0 Å². The van der Waals surface area contributed by atoms with Gasteiger partial charge in [0.25, 0.3) is 5.91 Å². The number of aliphatic hydroxyl groups is 2. The molecule has 0 aliphatic heterocycles. The summed E-state index contributed by atoms with van der Waals surface area (Å²) in [4.78, 5) is 12.3. The third-order valence-corrected chi connectivity index (χ3v) is 9.50. The molecular weight excluding hydrogens is 483 g/mol. The molecule has 178 valence electrons. The molecule has 3 N–H and O–H groups in total. The third-order valence-electron chi connectivity index (χ3n) is 6.66. The molecule has 11 heteroatoms. The Kier molecular flexibility index (Phi) is 6.47. The van der Waals surface area contributed by atoms with Crippen LogP contribution in [0.5, 0.6) is 0 Å². The normalized spacial score (nSPS) is 26.9. The number of fused-ring (bicyclic) bond motifs is 2. The molecule has 33 heavy (non-hydrogen) atoms. The van der Waals surface area contributed by atoms with Gasteiger partial charge < -0.3 is 15.5 Å². The van der Waals surface area contributed by atoms with Crippen molar-refractivity contribution in [2.45, 2.75) is 35.5 Å². The van der Waals surface area contributed by atoms with Crippen molar-refractivity contribution in [3.05, 3.63) is 58.4 Å². The van der Waals surface area contributed by atoms with Crippen molar-refractivity contribution in [2.75, 3.05) is 11.9 Å². The largest absolute Gasteiger partial charge is 0.396 e. The van der Waals surface area contributed by atoms with Gasteiger partial charge in [-0.25, -0.2) is 21.6 Å². The van der Waals surface area contributed by atoms with Crippen molar-refractivity contribution in [1.82, 2.24) is 0 Å². The average molecular weight is 504 g/mol. The van der Waals surface area contributed by atoms with Crippen LogP contribution in [0, 0.1) is 35.2 Å². The van der Waals surface area contributed by atoms with Crippen molar-refractivity contribution >= 4 is 33.0 Å². The zero-order valence-electron chi connectivity index (χ0n) is 17.1. The molecule has 4 rings (SSSR count). The zero-order chi connectivity index (χ0) is 24.1. The van der Waals surface area contributed by atoms with E-state index in [2.05, 4.69) is 5.32 Å². The molecule has 2 fully saturated rings. The van der Waals surface area contributed by atoms with Crippen LogP contribution in [0.4, 0.5) is 18.9 Å². The smallest absolute Gasteiger partial charge is 0.255 e. The molecule has 2 aromatic carbocycles. The van der Waals surface area contributed by atoms with Gasteiger partial charge in [0, 0.05) is 35.9 Å². The van der Waals surface area contributed by atoms with Gasteiger partial charge in [0.2, 0.25) is 0 Å². The topological polar surface area (TPSA) is 104 Å². The first-order valence-corrected chi connectivity index (χ1v) is 12.2. The number of hydrogen-bond donors (Lipinski definition) is 3. The Morgan fingerprint density at radius 2 is 1.79 bits per heavy atom. The van der Waals surface area contributed by atoms with Gasteiger partial charge >= 0.3 is 0 Å². The standard InChI is InChI=1S/C22H21ClF3NO5S/c23-15-4-2-11(22(30)27-12-7-16(24)20(26)17(25)8-12)6-19(15)33(31,32)21-10-1-3-13(21)14(9-28)18(29)5-10/h2,4,6-8,10,13-14,18,21,28-29H,1,3,5,9H2,(H,27,30)/t10?,13-,14+,18+,21-/m0/s1. The van der Waals surface area contributed by atoms with Gasteiger partial charge in [0.05, 0.1) is 21.3 Å². The van der Waals surface area contributed by atoms with E-state index in [0.717, 1.165) is 6.07 Å². The van der Waals surface area contributed by atoms with Crippen LogP contribution in [-0.4, -0.2) is 42.5 Å². The Bertz CT molecular complexity index is 1190. The van der Waals surface area contributed by atoms with Gasteiger partial charge in [-0.3, -0.25) is 4.79 Å². The highest BCUT2D eigenvalue weighted by atomic mass is 35.5. The number of halogens is 4. The van der Waals surface area contributed by atoms with Crippen molar-refractivity contribution in [2.24, 2.45) is 17.8 Å². The maximum atomic E-state index is 13.6. The number of sulfone groups is 1. The number of carbonyl (C=O) groups is 1. The number of benzene rings is 2. The fourth-order valence-electron chi connectivity index (χ4n) is 5.15.